The van der Waals surface area contributed by atoms with Crippen molar-refractivity contribution in [1.82, 2.24) is 10.2 Å². The minimum Gasteiger partial charge on any atom is -0.467 e. The van der Waals surface area contributed by atoms with Gasteiger partial charge in [-0.2, -0.15) is 0 Å². The molecule has 2 rings (SSSR count). The number of amides is 1. The van der Waals surface area contributed by atoms with Crippen molar-refractivity contribution in [2.45, 2.75) is 12.6 Å². The molecule has 2 heterocycles. The number of nitrogens with two attached hydrogens (primary N) is 1. The van der Waals surface area contributed by atoms with Crippen LogP contribution in [0.1, 0.15) is 5.76 Å². The van der Waals surface area contributed by atoms with Crippen LogP contribution >= 0.6 is 0 Å². The molecule has 0 atom stereocenters. The standard InChI is InChI=1S/C10H15N3O2/c11-8-5-13(6-8)7-10(14)12-4-9-2-1-3-15-9/h1-3,8H,4-7,11H2,(H,12,14). The molecule has 0 aliphatic carbocycles. The number of likely N-dealkylation sites (tertiary alicyclic amines) is 1. The fraction of sp³-hybridized carbons (Fsp3) is 0.500. The maximum absolute atomic E-state index is 11.4. The Kier molecular flexibility index (Phi) is 3.03. The average Bonchev–Trinajstić information content (AvgIpc) is 2.65. The van der Waals surface area contributed by atoms with E-state index in [9.17, 15) is 4.79 Å². The van der Waals surface area contributed by atoms with Crippen LogP contribution < -0.4 is 11.1 Å². The molecule has 1 amide bonds. The van der Waals surface area contributed by atoms with E-state index >= 15 is 0 Å². The Hall–Kier alpha value is -1.33. The van der Waals surface area contributed by atoms with Gasteiger partial charge in [0.2, 0.25) is 5.91 Å². The van der Waals surface area contributed by atoms with Crippen LogP contribution in [0.5, 0.6) is 0 Å². The second-order valence-corrected chi connectivity index (χ2v) is 3.81. The molecule has 5 heteroatoms. The second kappa shape index (κ2) is 4.46. The Morgan fingerprint density at radius 1 is 1.67 bits per heavy atom. The number of carbonyl (C=O) groups excluding carboxylic acids is 1. The van der Waals surface area contributed by atoms with E-state index in [1.165, 1.54) is 0 Å². The first-order valence-corrected chi connectivity index (χ1v) is 5.01. The largest absolute Gasteiger partial charge is 0.467 e. The highest BCUT2D eigenvalue weighted by Crippen LogP contribution is 2.04. The van der Waals surface area contributed by atoms with Crippen molar-refractivity contribution < 1.29 is 9.21 Å². The van der Waals surface area contributed by atoms with Crippen LogP contribution in [0, 0.1) is 0 Å². The summed E-state index contributed by atoms with van der Waals surface area (Å²) in [4.78, 5) is 13.4. The average molecular weight is 209 g/mol. The topological polar surface area (TPSA) is 71.5 Å². The number of nitrogens with one attached hydrogen (secondary N) is 1. The Labute approximate surface area is 88.2 Å². The summed E-state index contributed by atoms with van der Waals surface area (Å²) in [6, 6.07) is 3.87. The van der Waals surface area contributed by atoms with Crippen molar-refractivity contribution in [3.05, 3.63) is 24.2 Å². The molecule has 0 aromatic carbocycles. The van der Waals surface area contributed by atoms with Crippen LogP contribution in [0.25, 0.3) is 0 Å². The number of furan rings is 1. The van der Waals surface area contributed by atoms with E-state index in [4.69, 9.17) is 10.2 Å². The number of rotatable bonds is 4. The third-order valence-electron chi connectivity index (χ3n) is 2.39. The van der Waals surface area contributed by atoms with E-state index in [0.717, 1.165) is 18.8 Å². The number of nitrogens with zero attached hydrogens (tertiary/aromatic N) is 1. The summed E-state index contributed by atoms with van der Waals surface area (Å²) in [7, 11) is 0. The molecule has 1 aliphatic rings. The summed E-state index contributed by atoms with van der Waals surface area (Å²) in [6.07, 6.45) is 1.59. The van der Waals surface area contributed by atoms with Gasteiger partial charge < -0.3 is 15.5 Å². The Balaban J connectivity index is 1.65. The highest BCUT2D eigenvalue weighted by molar-refractivity contribution is 5.78. The molecular formula is C10H15N3O2. The lowest BCUT2D eigenvalue weighted by molar-refractivity contribution is -0.123. The van der Waals surface area contributed by atoms with E-state index in [1.54, 1.807) is 12.3 Å². The first-order chi connectivity index (χ1) is 7.24. The molecule has 1 aliphatic heterocycles. The monoisotopic (exact) mass is 209 g/mol. The summed E-state index contributed by atoms with van der Waals surface area (Å²) in [5.41, 5.74) is 5.61. The van der Waals surface area contributed by atoms with Crippen molar-refractivity contribution in [1.29, 1.82) is 0 Å². The predicted octanol–water partition coefficient (Wildman–Crippen LogP) is -0.461. The third kappa shape index (κ3) is 2.81. The predicted molar refractivity (Wildman–Crippen MR) is 55.0 cm³/mol. The molecule has 0 radical (unpaired) electrons. The third-order valence-corrected chi connectivity index (χ3v) is 2.39. The lowest BCUT2D eigenvalue weighted by Gasteiger charge is -2.35. The fourth-order valence-corrected chi connectivity index (χ4v) is 1.60. The molecule has 5 nitrogen and oxygen atoms in total. The van der Waals surface area contributed by atoms with Gasteiger partial charge in [0.15, 0.2) is 0 Å². The van der Waals surface area contributed by atoms with Gasteiger partial charge in [0.1, 0.15) is 5.76 Å². The number of carbonyl (C=O) groups is 1. The first kappa shape index (κ1) is 10.2. The van der Waals surface area contributed by atoms with Crippen molar-refractivity contribution in [2.75, 3.05) is 19.6 Å². The molecule has 0 bridgehead atoms. The summed E-state index contributed by atoms with van der Waals surface area (Å²) in [5, 5.41) is 2.78. The van der Waals surface area contributed by atoms with Gasteiger partial charge in [-0.05, 0) is 12.1 Å². The summed E-state index contributed by atoms with van der Waals surface area (Å²) < 4.78 is 5.10. The smallest absolute Gasteiger partial charge is 0.234 e. The number of hydrogen-bond donors (Lipinski definition) is 2. The van der Waals surface area contributed by atoms with E-state index < -0.39 is 0 Å². The van der Waals surface area contributed by atoms with Crippen LogP contribution in [0.2, 0.25) is 0 Å². The van der Waals surface area contributed by atoms with Gasteiger partial charge in [-0.1, -0.05) is 0 Å². The van der Waals surface area contributed by atoms with Crippen LogP contribution in [-0.2, 0) is 11.3 Å². The molecule has 1 aromatic rings. The zero-order valence-electron chi connectivity index (χ0n) is 8.48. The van der Waals surface area contributed by atoms with Crippen LogP contribution in [-0.4, -0.2) is 36.5 Å². The molecule has 3 N–H and O–H groups in total. The van der Waals surface area contributed by atoms with E-state index in [2.05, 4.69) is 5.32 Å². The molecule has 0 unspecified atom stereocenters. The SMILES string of the molecule is NC1CN(CC(=O)NCc2ccco2)C1. The summed E-state index contributed by atoms with van der Waals surface area (Å²) in [6.45, 7) is 2.50. The van der Waals surface area contributed by atoms with E-state index in [1.807, 2.05) is 11.0 Å². The molecule has 0 saturated carbocycles. The minimum atomic E-state index is 0.0123. The van der Waals surface area contributed by atoms with Crippen molar-refractivity contribution in [2.24, 2.45) is 5.73 Å². The Bertz CT molecular complexity index is 317. The lowest BCUT2D eigenvalue weighted by atomic mass is 10.1. The number of hydrogen-bond acceptors (Lipinski definition) is 4. The fourth-order valence-electron chi connectivity index (χ4n) is 1.60. The van der Waals surface area contributed by atoms with Gasteiger partial charge in [-0.3, -0.25) is 9.69 Å². The summed E-state index contributed by atoms with van der Waals surface area (Å²) >= 11 is 0. The van der Waals surface area contributed by atoms with Crippen LogP contribution in [0.4, 0.5) is 0 Å². The Morgan fingerprint density at radius 2 is 2.47 bits per heavy atom. The van der Waals surface area contributed by atoms with Crippen molar-refractivity contribution in [3.8, 4) is 0 Å². The van der Waals surface area contributed by atoms with Gasteiger partial charge in [-0.25, -0.2) is 0 Å². The molecule has 0 spiro atoms. The normalized spacial score (nSPS) is 17.4. The van der Waals surface area contributed by atoms with Gasteiger partial charge in [0.25, 0.3) is 0 Å². The van der Waals surface area contributed by atoms with E-state index in [0.29, 0.717) is 13.1 Å². The zero-order valence-corrected chi connectivity index (χ0v) is 8.48. The molecule has 1 aromatic heterocycles. The lowest BCUT2D eigenvalue weighted by Crippen LogP contribution is -2.57. The molecule has 15 heavy (non-hydrogen) atoms. The zero-order chi connectivity index (χ0) is 10.7. The van der Waals surface area contributed by atoms with Gasteiger partial charge in [-0.15, -0.1) is 0 Å². The van der Waals surface area contributed by atoms with Crippen LogP contribution in [0.15, 0.2) is 22.8 Å². The van der Waals surface area contributed by atoms with Crippen molar-refractivity contribution >= 4 is 5.91 Å². The molecule has 82 valence electrons. The van der Waals surface area contributed by atoms with Crippen LogP contribution in [0.3, 0.4) is 0 Å². The Morgan fingerprint density at radius 3 is 3.07 bits per heavy atom. The maximum Gasteiger partial charge on any atom is 0.234 e. The summed E-state index contributed by atoms with van der Waals surface area (Å²) in [5.74, 6) is 0.780. The van der Waals surface area contributed by atoms with Gasteiger partial charge >= 0.3 is 0 Å². The molecular weight excluding hydrogens is 194 g/mol. The molecule has 1 fully saturated rings. The minimum absolute atomic E-state index is 0.0123. The maximum atomic E-state index is 11.4. The highest BCUT2D eigenvalue weighted by atomic mass is 16.3. The first-order valence-electron chi connectivity index (χ1n) is 5.01. The van der Waals surface area contributed by atoms with Gasteiger partial charge in [0, 0.05) is 19.1 Å². The second-order valence-electron chi connectivity index (χ2n) is 3.81. The highest BCUT2D eigenvalue weighted by Gasteiger charge is 2.24. The quantitative estimate of drug-likeness (QED) is 0.704. The van der Waals surface area contributed by atoms with Gasteiger partial charge in [0.05, 0.1) is 19.4 Å². The molecule has 1 saturated heterocycles. The van der Waals surface area contributed by atoms with E-state index in [-0.39, 0.29) is 11.9 Å². The van der Waals surface area contributed by atoms with Crippen molar-refractivity contribution in [3.63, 3.8) is 0 Å².